The lowest BCUT2D eigenvalue weighted by Crippen LogP contribution is -2.45. The van der Waals surface area contributed by atoms with Gasteiger partial charge in [-0.15, -0.1) is 0 Å². The van der Waals surface area contributed by atoms with Gasteiger partial charge in [-0.2, -0.15) is 0 Å². The molecule has 2 saturated carbocycles. The Morgan fingerprint density at radius 1 is 1.00 bits per heavy atom. The Balaban J connectivity index is 1.55. The topological polar surface area (TPSA) is 58.2 Å². The molecule has 1 aromatic rings. The lowest BCUT2D eigenvalue weighted by Gasteiger charge is -2.19. The number of carbonyl (C=O) groups is 2. The number of rotatable bonds is 7. The molecular formula is C17H22N2O2. The zero-order valence-electron chi connectivity index (χ0n) is 12.2. The smallest absolute Gasteiger partial charge is 0.223 e. The van der Waals surface area contributed by atoms with Crippen LogP contribution < -0.4 is 10.6 Å². The quantitative estimate of drug-likeness (QED) is 0.801. The van der Waals surface area contributed by atoms with Gasteiger partial charge >= 0.3 is 0 Å². The Bertz CT molecular complexity index is 507. The molecule has 2 aliphatic rings. The summed E-state index contributed by atoms with van der Waals surface area (Å²) in [7, 11) is 0. The second-order valence-electron chi connectivity index (χ2n) is 6.19. The summed E-state index contributed by atoms with van der Waals surface area (Å²) >= 11 is 0. The van der Waals surface area contributed by atoms with Crippen molar-refractivity contribution >= 4 is 11.8 Å². The molecule has 112 valence electrons. The van der Waals surface area contributed by atoms with Gasteiger partial charge in [-0.25, -0.2) is 0 Å². The first-order chi connectivity index (χ1) is 10.2. The highest BCUT2D eigenvalue weighted by Crippen LogP contribution is 2.29. The van der Waals surface area contributed by atoms with Gasteiger partial charge in [-0.1, -0.05) is 30.3 Å². The Morgan fingerprint density at radius 2 is 1.62 bits per heavy atom. The van der Waals surface area contributed by atoms with Gasteiger partial charge in [0.1, 0.15) is 0 Å². The number of carbonyl (C=O) groups excluding carboxylic acids is 2. The lowest BCUT2D eigenvalue weighted by molar-refractivity contribution is -0.124. The van der Waals surface area contributed by atoms with Crippen LogP contribution in [0.1, 0.15) is 31.2 Å². The van der Waals surface area contributed by atoms with Crippen molar-refractivity contribution in [1.82, 2.24) is 10.6 Å². The van der Waals surface area contributed by atoms with Crippen molar-refractivity contribution in [3.05, 3.63) is 35.9 Å². The van der Waals surface area contributed by atoms with Crippen LogP contribution in [0.3, 0.4) is 0 Å². The van der Waals surface area contributed by atoms with E-state index in [1.807, 2.05) is 18.2 Å². The third kappa shape index (κ3) is 4.31. The molecule has 0 heterocycles. The van der Waals surface area contributed by atoms with Crippen molar-refractivity contribution in [3.63, 3.8) is 0 Å². The van der Waals surface area contributed by atoms with Crippen molar-refractivity contribution in [2.75, 3.05) is 6.54 Å². The predicted molar refractivity (Wildman–Crippen MR) is 80.5 cm³/mol. The molecule has 4 heteroatoms. The number of benzene rings is 1. The van der Waals surface area contributed by atoms with E-state index in [1.165, 1.54) is 5.56 Å². The van der Waals surface area contributed by atoms with E-state index in [0.29, 0.717) is 6.54 Å². The number of amides is 2. The average molecular weight is 286 g/mol. The molecule has 0 radical (unpaired) electrons. The second kappa shape index (κ2) is 6.29. The summed E-state index contributed by atoms with van der Waals surface area (Å²) in [4.78, 5) is 23.7. The molecule has 1 aromatic carbocycles. The third-order valence-corrected chi connectivity index (χ3v) is 4.09. The van der Waals surface area contributed by atoms with E-state index < -0.39 is 0 Å². The molecule has 2 fully saturated rings. The molecule has 0 aromatic heterocycles. The van der Waals surface area contributed by atoms with Crippen LogP contribution in [0.25, 0.3) is 0 Å². The molecule has 0 aliphatic heterocycles. The summed E-state index contributed by atoms with van der Waals surface area (Å²) in [5.74, 6) is 0.675. The van der Waals surface area contributed by atoms with E-state index in [-0.39, 0.29) is 29.7 Å². The summed E-state index contributed by atoms with van der Waals surface area (Å²) in [5.41, 5.74) is 1.18. The molecule has 0 spiro atoms. The maximum absolute atomic E-state index is 12.0. The van der Waals surface area contributed by atoms with Gasteiger partial charge in [-0.3, -0.25) is 9.59 Å². The van der Waals surface area contributed by atoms with E-state index in [9.17, 15) is 9.59 Å². The van der Waals surface area contributed by atoms with Crippen molar-refractivity contribution < 1.29 is 9.59 Å². The van der Waals surface area contributed by atoms with Crippen LogP contribution >= 0.6 is 0 Å². The van der Waals surface area contributed by atoms with Gasteiger partial charge in [0.05, 0.1) is 6.04 Å². The maximum Gasteiger partial charge on any atom is 0.223 e. The van der Waals surface area contributed by atoms with E-state index in [1.54, 1.807) is 0 Å². The molecule has 0 bridgehead atoms. The summed E-state index contributed by atoms with van der Waals surface area (Å²) in [6.45, 7) is 0.517. The molecule has 0 unspecified atom stereocenters. The minimum absolute atomic E-state index is 0.0248. The van der Waals surface area contributed by atoms with Crippen molar-refractivity contribution in [3.8, 4) is 0 Å². The fourth-order valence-corrected chi connectivity index (χ4v) is 2.45. The fraction of sp³-hybridized carbons (Fsp3) is 0.529. The normalized spacial score (nSPS) is 18.9. The van der Waals surface area contributed by atoms with Crippen LogP contribution in [0, 0.1) is 11.8 Å². The minimum atomic E-state index is -0.0248. The second-order valence-corrected chi connectivity index (χ2v) is 6.19. The highest BCUT2D eigenvalue weighted by molar-refractivity contribution is 5.82. The molecule has 2 N–H and O–H groups in total. The van der Waals surface area contributed by atoms with E-state index in [2.05, 4.69) is 22.8 Å². The molecule has 3 rings (SSSR count). The maximum atomic E-state index is 12.0. The van der Waals surface area contributed by atoms with E-state index in [0.717, 1.165) is 32.1 Å². The van der Waals surface area contributed by atoms with Crippen LogP contribution in [0.4, 0.5) is 0 Å². The molecule has 1 atom stereocenters. The van der Waals surface area contributed by atoms with Gasteiger partial charge in [0.15, 0.2) is 0 Å². The van der Waals surface area contributed by atoms with Crippen LogP contribution in [-0.2, 0) is 16.0 Å². The Hall–Kier alpha value is -1.84. The predicted octanol–water partition coefficient (Wildman–Crippen LogP) is 1.65. The van der Waals surface area contributed by atoms with Crippen molar-refractivity contribution in [2.45, 2.75) is 38.1 Å². The highest BCUT2D eigenvalue weighted by atomic mass is 16.2. The first-order valence-corrected chi connectivity index (χ1v) is 7.84. The van der Waals surface area contributed by atoms with Crippen LogP contribution in [0.15, 0.2) is 30.3 Å². The third-order valence-electron chi connectivity index (χ3n) is 4.09. The van der Waals surface area contributed by atoms with Gasteiger partial charge in [-0.05, 0) is 37.7 Å². The number of hydrogen-bond acceptors (Lipinski definition) is 2. The monoisotopic (exact) mass is 286 g/mol. The largest absolute Gasteiger partial charge is 0.354 e. The Morgan fingerprint density at radius 3 is 2.24 bits per heavy atom. The first-order valence-electron chi connectivity index (χ1n) is 7.84. The van der Waals surface area contributed by atoms with E-state index >= 15 is 0 Å². The van der Waals surface area contributed by atoms with Gasteiger partial charge in [0, 0.05) is 18.4 Å². The van der Waals surface area contributed by atoms with Crippen molar-refractivity contribution in [1.29, 1.82) is 0 Å². The van der Waals surface area contributed by atoms with Crippen molar-refractivity contribution in [2.24, 2.45) is 11.8 Å². The average Bonchev–Trinajstić information content (AvgIpc) is 3.37. The highest BCUT2D eigenvalue weighted by Gasteiger charge is 2.32. The van der Waals surface area contributed by atoms with Gasteiger partial charge in [0.25, 0.3) is 0 Å². The van der Waals surface area contributed by atoms with Crippen LogP contribution in [0.5, 0.6) is 0 Å². The number of nitrogens with one attached hydrogen (secondary N) is 2. The zero-order chi connectivity index (χ0) is 14.7. The molecule has 0 saturated heterocycles. The summed E-state index contributed by atoms with van der Waals surface area (Å²) in [5, 5.41) is 6.06. The SMILES string of the molecule is O=C(NC[C@H](Cc1ccccc1)NC(=O)C1CC1)C1CC1. The molecule has 4 nitrogen and oxygen atoms in total. The molecule has 2 amide bonds. The first kappa shape index (κ1) is 14.1. The zero-order valence-corrected chi connectivity index (χ0v) is 12.2. The standard InChI is InChI=1S/C17H22N2O2/c20-16(13-6-7-13)18-11-15(19-17(21)14-8-9-14)10-12-4-2-1-3-5-12/h1-5,13-15H,6-11H2,(H,18,20)(H,19,21)/t15-/m0/s1. The number of hydrogen-bond donors (Lipinski definition) is 2. The lowest BCUT2D eigenvalue weighted by atomic mass is 10.1. The summed E-state index contributed by atoms with van der Waals surface area (Å²) in [6.07, 6.45) is 4.76. The van der Waals surface area contributed by atoms with Gasteiger partial charge in [0.2, 0.25) is 11.8 Å². The van der Waals surface area contributed by atoms with Crippen LogP contribution in [-0.4, -0.2) is 24.4 Å². The van der Waals surface area contributed by atoms with Gasteiger partial charge < -0.3 is 10.6 Å². The summed E-state index contributed by atoms with van der Waals surface area (Å²) in [6, 6.07) is 10.1. The Labute approximate surface area is 125 Å². The molecule has 2 aliphatic carbocycles. The fourth-order valence-electron chi connectivity index (χ4n) is 2.45. The Kier molecular flexibility index (Phi) is 4.23. The molecular weight excluding hydrogens is 264 g/mol. The minimum Gasteiger partial charge on any atom is -0.354 e. The van der Waals surface area contributed by atoms with Crippen LogP contribution in [0.2, 0.25) is 0 Å². The molecule has 21 heavy (non-hydrogen) atoms. The summed E-state index contributed by atoms with van der Waals surface area (Å²) < 4.78 is 0. The van der Waals surface area contributed by atoms with E-state index in [4.69, 9.17) is 0 Å².